The lowest BCUT2D eigenvalue weighted by atomic mass is 10.2. The third-order valence-corrected chi connectivity index (χ3v) is 2.54. The number of methoxy groups -OCH3 is 1. The molecule has 0 saturated carbocycles. The molecular formula is C13H20N2O3. The van der Waals surface area contributed by atoms with Crippen LogP contribution >= 0.6 is 0 Å². The number of hydrogen-bond acceptors (Lipinski definition) is 5. The van der Waals surface area contributed by atoms with Gasteiger partial charge in [-0.15, -0.1) is 0 Å². The Balaban J connectivity index is 2.44. The van der Waals surface area contributed by atoms with Gasteiger partial charge in [0, 0.05) is 32.3 Å². The maximum atomic E-state index is 11.1. The van der Waals surface area contributed by atoms with Crippen LogP contribution in [-0.4, -0.2) is 39.8 Å². The predicted octanol–water partition coefficient (Wildman–Crippen LogP) is 1.02. The monoisotopic (exact) mass is 252 g/mol. The average molecular weight is 252 g/mol. The lowest BCUT2D eigenvalue weighted by Crippen LogP contribution is -2.33. The lowest BCUT2D eigenvalue weighted by molar-refractivity contribution is -0.142. The molecule has 2 N–H and O–H groups in total. The van der Waals surface area contributed by atoms with E-state index in [2.05, 4.69) is 4.74 Å². The summed E-state index contributed by atoms with van der Waals surface area (Å²) in [4.78, 5) is 13.1. The zero-order valence-corrected chi connectivity index (χ0v) is 11.1. The van der Waals surface area contributed by atoms with E-state index in [0.29, 0.717) is 13.0 Å². The molecule has 100 valence electrons. The summed E-state index contributed by atoms with van der Waals surface area (Å²) in [6.45, 7) is 0.382. The first-order valence-corrected chi connectivity index (χ1v) is 5.78. The van der Waals surface area contributed by atoms with Crippen molar-refractivity contribution in [2.45, 2.75) is 12.5 Å². The maximum absolute atomic E-state index is 11.1. The predicted molar refractivity (Wildman–Crippen MR) is 70.9 cm³/mol. The highest BCUT2D eigenvalue weighted by atomic mass is 16.5. The van der Waals surface area contributed by atoms with Gasteiger partial charge in [0.05, 0.1) is 13.7 Å². The van der Waals surface area contributed by atoms with Gasteiger partial charge in [-0.3, -0.25) is 4.79 Å². The standard InChI is InChI=1S/C13H20N2O3/c1-15(2)10-5-4-6-11(9-10)18-8-7-12(14)13(16)17-3/h4-6,9,12H,7-8,14H2,1-3H3. The van der Waals surface area contributed by atoms with E-state index in [9.17, 15) is 4.79 Å². The van der Waals surface area contributed by atoms with Gasteiger partial charge in [0.1, 0.15) is 11.8 Å². The summed E-state index contributed by atoms with van der Waals surface area (Å²) in [6.07, 6.45) is 0.429. The quantitative estimate of drug-likeness (QED) is 0.766. The van der Waals surface area contributed by atoms with Gasteiger partial charge in [-0.25, -0.2) is 0 Å². The van der Waals surface area contributed by atoms with Crippen molar-refractivity contribution in [1.82, 2.24) is 0 Å². The molecule has 0 aromatic heterocycles. The molecule has 1 aromatic rings. The summed E-state index contributed by atoms with van der Waals surface area (Å²) in [5.41, 5.74) is 6.67. The zero-order chi connectivity index (χ0) is 13.5. The van der Waals surface area contributed by atoms with Gasteiger partial charge in [0.25, 0.3) is 0 Å². The Hall–Kier alpha value is -1.75. The van der Waals surface area contributed by atoms with Crippen LogP contribution in [0, 0.1) is 0 Å². The van der Waals surface area contributed by atoms with Crippen LogP contribution in [0.4, 0.5) is 5.69 Å². The van der Waals surface area contributed by atoms with E-state index in [1.54, 1.807) is 0 Å². The van der Waals surface area contributed by atoms with Crippen LogP contribution in [0.3, 0.4) is 0 Å². The van der Waals surface area contributed by atoms with Crippen molar-refractivity contribution in [1.29, 1.82) is 0 Å². The zero-order valence-electron chi connectivity index (χ0n) is 11.1. The number of ether oxygens (including phenoxy) is 2. The van der Waals surface area contributed by atoms with Gasteiger partial charge in [-0.1, -0.05) is 6.07 Å². The van der Waals surface area contributed by atoms with Gasteiger partial charge in [0.15, 0.2) is 0 Å². The molecule has 0 aliphatic rings. The molecule has 1 rings (SSSR count). The molecule has 0 saturated heterocycles. The van der Waals surface area contributed by atoms with Crippen molar-refractivity contribution in [2.75, 3.05) is 32.7 Å². The fraction of sp³-hybridized carbons (Fsp3) is 0.462. The molecule has 0 spiro atoms. The van der Waals surface area contributed by atoms with Crippen molar-refractivity contribution < 1.29 is 14.3 Å². The molecule has 1 aromatic carbocycles. The smallest absolute Gasteiger partial charge is 0.322 e. The summed E-state index contributed by atoms with van der Waals surface area (Å²) in [5.74, 6) is 0.346. The number of carbonyl (C=O) groups is 1. The molecule has 18 heavy (non-hydrogen) atoms. The second kappa shape index (κ2) is 6.86. The summed E-state index contributed by atoms with van der Waals surface area (Å²) in [6, 6.07) is 7.09. The SMILES string of the molecule is COC(=O)C(N)CCOc1cccc(N(C)C)c1. The van der Waals surface area contributed by atoms with Crippen LogP contribution in [0.1, 0.15) is 6.42 Å². The molecule has 0 radical (unpaired) electrons. The molecule has 0 bridgehead atoms. The Kier molecular flexibility index (Phi) is 5.45. The van der Waals surface area contributed by atoms with E-state index in [1.165, 1.54) is 7.11 Å². The van der Waals surface area contributed by atoms with E-state index in [1.807, 2.05) is 43.3 Å². The van der Waals surface area contributed by atoms with Crippen molar-refractivity contribution in [3.05, 3.63) is 24.3 Å². The molecule has 1 unspecified atom stereocenters. The Labute approximate surface area is 107 Å². The summed E-state index contributed by atoms with van der Waals surface area (Å²) < 4.78 is 10.1. The number of nitrogens with two attached hydrogens (primary N) is 1. The molecule has 0 heterocycles. The van der Waals surface area contributed by atoms with Crippen LogP contribution < -0.4 is 15.4 Å². The van der Waals surface area contributed by atoms with Crippen molar-refractivity contribution >= 4 is 11.7 Å². The van der Waals surface area contributed by atoms with Crippen molar-refractivity contribution in [3.8, 4) is 5.75 Å². The minimum Gasteiger partial charge on any atom is -0.493 e. The number of esters is 1. The van der Waals surface area contributed by atoms with E-state index in [0.717, 1.165) is 11.4 Å². The van der Waals surface area contributed by atoms with Crippen LogP contribution in [0.5, 0.6) is 5.75 Å². The number of carbonyl (C=O) groups excluding carboxylic acids is 1. The first-order chi connectivity index (χ1) is 8.54. The molecular weight excluding hydrogens is 232 g/mol. The van der Waals surface area contributed by atoms with Crippen LogP contribution in [0.2, 0.25) is 0 Å². The first kappa shape index (κ1) is 14.3. The topological polar surface area (TPSA) is 64.8 Å². The molecule has 0 aliphatic heterocycles. The number of benzene rings is 1. The normalized spacial score (nSPS) is 11.8. The number of hydrogen-bond donors (Lipinski definition) is 1. The highest BCUT2D eigenvalue weighted by Crippen LogP contribution is 2.19. The van der Waals surface area contributed by atoms with Crippen molar-refractivity contribution in [2.24, 2.45) is 5.73 Å². The van der Waals surface area contributed by atoms with Gasteiger partial charge in [0.2, 0.25) is 0 Å². The molecule has 0 aliphatic carbocycles. The molecule has 0 amide bonds. The van der Waals surface area contributed by atoms with Crippen LogP contribution in [0.25, 0.3) is 0 Å². The van der Waals surface area contributed by atoms with Gasteiger partial charge >= 0.3 is 5.97 Å². The molecule has 0 fully saturated rings. The number of anilines is 1. The Morgan fingerprint density at radius 2 is 2.17 bits per heavy atom. The number of nitrogens with zero attached hydrogens (tertiary/aromatic N) is 1. The third kappa shape index (κ3) is 4.25. The Bertz CT molecular complexity index is 394. The average Bonchev–Trinajstić information content (AvgIpc) is 2.38. The summed E-state index contributed by atoms with van der Waals surface area (Å²) in [5, 5.41) is 0. The highest BCUT2D eigenvalue weighted by Gasteiger charge is 2.13. The largest absolute Gasteiger partial charge is 0.493 e. The second-order valence-electron chi connectivity index (χ2n) is 4.16. The van der Waals surface area contributed by atoms with Crippen molar-refractivity contribution in [3.63, 3.8) is 0 Å². The molecule has 5 heteroatoms. The Morgan fingerprint density at radius 3 is 2.78 bits per heavy atom. The third-order valence-electron chi connectivity index (χ3n) is 2.54. The van der Waals surface area contributed by atoms with E-state index < -0.39 is 12.0 Å². The van der Waals surface area contributed by atoms with E-state index in [4.69, 9.17) is 10.5 Å². The molecule has 5 nitrogen and oxygen atoms in total. The second-order valence-corrected chi connectivity index (χ2v) is 4.16. The fourth-order valence-corrected chi connectivity index (χ4v) is 1.42. The van der Waals surface area contributed by atoms with Gasteiger partial charge < -0.3 is 20.1 Å². The van der Waals surface area contributed by atoms with Gasteiger partial charge in [-0.05, 0) is 12.1 Å². The first-order valence-electron chi connectivity index (χ1n) is 5.78. The number of rotatable bonds is 6. The van der Waals surface area contributed by atoms with Gasteiger partial charge in [-0.2, -0.15) is 0 Å². The van der Waals surface area contributed by atoms with Crippen LogP contribution in [0.15, 0.2) is 24.3 Å². The minimum atomic E-state index is -0.632. The Morgan fingerprint density at radius 1 is 1.44 bits per heavy atom. The van der Waals surface area contributed by atoms with Crippen LogP contribution in [-0.2, 0) is 9.53 Å². The van der Waals surface area contributed by atoms with E-state index >= 15 is 0 Å². The summed E-state index contributed by atoms with van der Waals surface area (Å²) >= 11 is 0. The molecule has 1 atom stereocenters. The maximum Gasteiger partial charge on any atom is 0.322 e. The van der Waals surface area contributed by atoms with E-state index in [-0.39, 0.29) is 0 Å². The minimum absolute atomic E-state index is 0.382. The lowest BCUT2D eigenvalue weighted by Gasteiger charge is -2.14. The summed E-state index contributed by atoms with van der Waals surface area (Å²) in [7, 11) is 5.25. The fourth-order valence-electron chi connectivity index (χ4n) is 1.42. The highest BCUT2D eigenvalue weighted by molar-refractivity contribution is 5.75.